The van der Waals surface area contributed by atoms with Crippen LogP contribution in [0, 0.1) is 11.8 Å². The number of carboxylic acid groups (broad SMARTS) is 1. The first-order chi connectivity index (χ1) is 17.1. The number of nitrogens with zero attached hydrogens (tertiary/aromatic N) is 1. The van der Waals surface area contributed by atoms with Gasteiger partial charge in [-0.15, -0.1) is 0 Å². The Morgan fingerprint density at radius 2 is 1.72 bits per heavy atom. The van der Waals surface area contributed by atoms with E-state index in [1.54, 1.807) is 12.1 Å². The van der Waals surface area contributed by atoms with Crippen LogP contribution in [0.4, 0.5) is 18.9 Å². The summed E-state index contributed by atoms with van der Waals surface area (Å²) < 4.78 is 38.4. The number of piperidine rings is 1. The van der Waals surface area contributed by atoms with Gasteiger partial charge in [0.05, 0.1) is 11.1 Å². The van der Waals surface area contributed by atoms with Crippen molar-refractivity contribution in [2.24, 2.45) is 11.8 Å². The van der Waals surface area contributed by atoms with Crippen molar-refractivity contribution in [1.82, 2.24) is 5.32 Å². The molecule has 0 unspecified atom stereocenters. The number of benzene rings is 2. The van der Waals surface area contributed by atoms with Crippen molar-refractivity contribution < 1.29 is 27.9 Å². The molecule has 1 aliphatic carbocycles. The smallest absolute Gasteiger partial charge is 0.416 e. The summed E-state index contributed by atoms with van der Waals surface area (Å²) in [4.78, 5) is 26.6. The molecule has 4 rings (SSSR count). The molecule has 1 aliphatic heterocycles. The summed E-state index contributed by atoms with van der Waals surface area (Å²) in [6.45, 7) is 1.23. The van der Waals surface area contributed by atoms with Gasteiger partial charge in [0.2, 0.25) is 5.91 Å². The van der Waals surface area contributed by atoms with Gasteiger partial charge in [0.25, 0.3) is 0 Å². The van der Waals surface area contributed by atoms with Crippen LogP contribution in [0.2, 0.25) is 5.02 Å². The third kappa shape index (κ3) is 6.33. The fourth-order valence-electron chi connectivity index (χ4n) is 5.45. The molecule has 1 heterocycles. The van der Waals surface area contributed by atoms with Crippen LogP contribution in [-0.4, -0.2) is 36.1 Å². The van der Waals surface area contributed by atoms with Crippen LogP contribution in [0.1, 0.15) is 60.0 Å². The number of hydrogen-bond donors (Lipinski definition) is 2. The van der Waals surface area contributed by atoms with Gasteiger partial charge in [0.15, 0.2) is 0 Å². The van der Waals surface area contributed by atoms with Crippen LogP contribution in [0.5, 0.6) is 0 Å². The Labute approximate surface area is 213 Å². The Hall–Kier alpha value is -2.74. The van der Waals surface area contributed by atoms with E-state index < -0.39 is 17.7 Å². The molecule has 2 aliphatic rings. The zero-order valence-corrected chi connectivity index (χ0v) is 20.6. The summed E-state index contributed by atoms with van der Waals surface area (Å²) in [5, 5.41) is 13.2. The molecule has 1 amide bonds. The molecule has 1 saturated heterocycles. The third-order valence-electron chi connectivity index (χ3n) is 7.49. The number of halogens is 4. The number of alkyl halides is 3. The van der Waals surface area contributed by atoms with Crippen molar-refractivity contribution in [3.63, 3.8) is 0 Å². The molecule has 2 fully saturated rings. The molecule has 2 N–H and O–H groups in total. The average molecular weight is 523 g/mol. The van der Waals surface area contributed by atoms with Crippen molar-refractivity contribution >= 4 is 29.2 Å². The molecule has 0 radical (unpaired) electrons. The van der Waals surface area contributed by atoms with Crippen LogP contribution in [-0.2, 0) is 17.4 Å². The fraction of sp³-hybridized carbons (Fsp3) is 0.481. The molecule has 2 aromatic carbocycles. The maximum Gasteiger partial charge on any atom is 0.416 e. The van der Waals surface area contributed by atoms with Gasteiger partial charge in [-0.25, -0.2) is 4.79 Å². The summed E-state index contributed by atoms with van der Waals surface area (Å²) >= 11 is 6.08. The molecular formula is C27H30ClF3N2O3. The standard InChI is InChI=1S/C27H30ClF3N2O3/c28-21-8-11-23(26(35)36)19(16-21)5-4-17-2-1-3-24(17)32-25(34)18-12-14-33(15-13-18)22-9-6-20(7-10-22)27(29,30)31/h6-11,16-18,24H,1-5,12-15H2,(H,32,34)(H,35,36)/t17-,24+/m0/s1. The van der Waals surface area contributed by atoms with E-state index in [4.69, 9.17) is 11.6 Å². The maximum absolute atomic E-state index is 13.0. The topological polar surface area (TPSA) is 69.6 Å². The monoisotopic (exact) mass is 522 g/mol. The zero-order valence-electron chi connectivity index (χ0n) is 19.9. The Kier molecular flexibility index (Phi) is 8.13. The molecule has 1 saturated carbocycles. The molecule has 2 aromatic rings. The van der Waals surface area contributed by atoms with Crippen molar-refractivity contribution in [2.75, 3.05) is 18.0 Å². The average Bonchev–Trinajstić information content (AvgIpc) is 3.29. The van der Waals surface area contributed by atoms with Gasteiger partial charge >= 0.3 is 12.1 Å². The minimum Gasteiger partial charge on any atom is -0.478 e. The molecule has 0 aromatic heterocycles. The molecule has 5 nitrogen and oxygen atoms in total. The largest absolute Gasteiger partial charge is 0.478 e. The van der Waals surface area contributed by atoms with Gasteiger partial charge in [0.1, 0.15) is 0 Å². The number of aromatic carboxylic acids is 1. The highest BCUT2D eigenvalue weighted by Crippen LogP contribution is 2.33. The Morgan fingerprint density at radius 1 is 1.03 bits per heavy atom. The van der Waals surface area contributed by atoms with E-state index >= 15 is 0 Å². The molecular weight excluding hydrogens is 493 g/mol. The van der Waals surface area contributed by atoms with Gasteiger partial charge in [-0.1, -0.05) is 18.0 Å². The highest BCUT2D eigenvalue weighted by Gasteiger charge is 2.33. The Bertz CT molecular complexity index is 1080. The number of hydrogen-bond acceptors (Lipinski definition) is 3. The van der Waals surface area contributed by atoms with Gasteiger partial charge in [-0.2, -0.15) is 13.2 Å². The van der Waals surface area contributed by atoms with Crippen molar-refractivity contribution in [3.8, 4) is 0 Å². The molecule has 0 bridgehead atoms. The zero-order chi connectivity index (χ0) is 25.9. The van der Waals surface area contributed by atoms with E-state index in [9.17, 15) is 27.9 Å². The predicted molar refractivity (Wildman–Crippen MR) is 132 cm³/mol. The van der Waals surface area contributed by atoms with E-state index in [1.165, 1.54) is 18.2 Å². The van der Waals surface area contributed by atoms with E-state index in [0.29, 0.717) is 42.9 Å². The second-order valence-corrected chi connectivity index (χ2v) is 10.2. The number of nitrogens with one attached hydrogen (secondary N) is 1. The lowest BCUT2D eigenvalue weighted by Gasteiger charge is -2.34. The van der Waals surface area contributed by atoms with Crippen LogP contribution < -0.4 is 10.2 Å². The van der Waals surface area contributed by atoms with Crippen LogP contribution in [0.15, 0.2) is 42.5 Å². The third-order valence-corrected chi connectivity index (χ3v) is 7.73. The highest BCUT2D eigenvalue weighted by molar-refractivity contribution is 6.30. The molecule has 194 valence electrons. The summed E-state index contributed by atoms with van der Waals surface area (Å²) in [5.41, 5.74) is 1.04. The van der Waals surface area contributed by atoms with Crippen LogP contribution in [0.25, 0.3) is 0 Å². The lowest BCUT2D eigenvalue weighted by Crippen LogP contribution is -2.45. The first-order valence-electron chi connectivity index (χ1n) is 12.4. The van der Waals surface area contributed by atoms with Crippen LogP contribution >= 0.6 is 11.6 Å². The first kappa shape index (κ1) is 26.3. The summed E-state index contributed by atoms with van der Waals surface area (Å²) in [7, 11) is 0. The molecule has 36 heavy (non-hydrogen) atoms. The van der Waals surface area contributed by atoms with Gasteiger partial charge < -0.3 is 15.3 Å². The summed E-state index contributed by atoms with van der Waals surface area (Å²) in [6, 6.07) is 10.1. The van der Waals surface area contributed by atoms with E-state index in [2.05, 4.69) is 5.32 Å². The fourth-order valence-corrected chi connectivity index (χ4v) is 5.65. The first-order valence-corrected chi connectivity index (χ1v) is 12.7. The quantitative estimate of drug-likeness (QED) is 0.455. The van der Waals surface area contributed by atoms with Gasteiger partial charge in [-0.05, 0) is 92.5 Å². The lowest BCUT2D eigenvalue weighted by molar-refractivity contribution is -0.137. The van der Waals surface area contributed by atoms with Crippen molar-refractivity contribution in [2.45, 2.75) is 57.2 Å². The minimum absolute atomic E-state index is 0.0351. The van der Waals surface area contributed by atoms with E-state index in [-0.39, 0.29) is 29.3 Å². The summed E-state index contributed by atoms with van der Waals surface area (Å²) in [5.74, 6) is -0.779. The number of rotatable bonds is 7. The highest BCUT2D eigenvalue weighted by atomic mass is 35.5. The Morgan fingerprint density at radius 3 is 2.36 bits per heavy atom. The van der Waals surface area contributed by atoms with Gasteiger partial charge in [-0.3, -0.25) is 4.79 Å². The lowest BCUT2D eigenvalue weighted by atomic mass is 9.91. The number of carboxylic acids is 1. The molecule has 0 spiro atoms. The van der Waals surface area contributed by atoms with Crippen molar-refractivity contribution in [1.29, 1.82) is 0 Å². The number of carbonyl (C=O) groups excluding carboxylic acids is 1. The second kappa shape index (κ2) is 11.1. The minimum atomic E-state index is -4.35. The number of amides is 1. The number of carbonyl (C=O) groups is 2. The molecule has 9 heteroatoms. The normalized spacial score (nSPS) is 20.9. The van der Waals surface area contributed by atoms with E-state index in [1.807, 2.05) is 4.90 Å². The maximum atomic E-state index is 13.0. The second-order valence-electron chi connectivity index (χ2n) is 9.76. The van der Waals surface area contributed by atoms with Crippen molar-refractivity contribution in [3.05, 3.63) is 64.2 Å². The van der Waals surface area contributed by atoms with E-state index in [0.717, 1.165) is 43.5 Å². The predicted octanol–water partition coefficient (Wildman–Crippen LogP) is 6.19. The number of aryl methyl sites for hydroxylation is 1. The van der Waals surface area contributed by atoms with Crippen LogP contribution in [0.3, 0.4) is 0 Å². The number of anilines is 1. The molecule has 2 atom stereocenters. The van der Waals surface area contributed by atoms with Gasteiger partial charge in [0, 0.05) is 35.8 Å². The summed E-state index contributed by atoms with van der Waals surface area (Å²) in [6.07, 6.45) is 1.21. The SMILES string of the molecule is O=C(O)c1ccc(Cl)cc1CC[C@@H]1CCC[C@H]1NC(=O)C1CCN(c2ccc(C(F)(F)F)cc2)CC1. The Balaban J connectivity index is 1.28.